The molecule has 1 aliphatic rings. The minimum Gasteiger partial charge on any atom is -0.348 e. The van der Waals surface area contributed by atoms with E-state index in [0.29, 0.717) is 50.2 Å². The van der Waals surface area contributed by atoms with Gasteiger partial charge in [-0.15, -0.1) is 5.10 Å². The maximum Gasteiger partial charge on any atom is 0.344 e. The summed E-state index contributed by atoms with van der Waals surface area (Å²) in [6.07, 6.45) is 7.86. The number of aromatic nitrogens is 5. The third-order valence-electron chi connectivity index (χ3n) is 7.12. The number of amides is 3. The van der Waals surface area contributed by atoms with Crippen molar-refractivity contribution in [1.82, 2.24) is 45.8 Å². The van der Waals surface area contributed by atoms with E-state index in [1.165, 1.54) is 12.4 Å². The number of rotatable bonds is 14. The maximum atomic E-state index is 13.3. The van der Waals surface area contributed by atoms with Crippen molar-refractivity contribution in [2.24, 2.45) is 5.92 Å². The summed E-state index contributed by atoms with van der Waals surface area (Å²) in [6.45, 7) is 5.12. The fourth-order valence-corrected chi connectivity index (χ4v) is 4.60. The van der Waals surface area contributed by atoms with Crippen molar-refractivity contribution in [3.05, 3.63) is 29.1 Å². The van der Waals surface area contributed by atoms with Gasteiger partial charge in [-0.25, -0.2) is 9.78 Å². The molecule has 0 bridgehead atoms. The molecule has 1 fully saturated rings. The van der Waals surface area contributed by atoms with Gasteiger partial charge in [-0.2, -0.15) is 0 Å². The van der Waals surface area contributed by atoms with Gasteiger partial charge in [0.2, 0.25) is 17.7 Å². The number of carbonyl (C=O) groups excluding carboxylic acids is 4. The first-order valence-electron chi connectivity index (χ1n) is 13.8. The van der Waals surface area contributed by atoms with E-state index in [2.05, 4.69) is 41.1 Å². The predicted octanol–water partition coefficient (Wildman–Crippen LogP) is -0.878. The minimum atomic E-state index is -1.19. The first-order valence-corrected chi connectivity index (χ1v) is 13.8. The maximum absolute atomic E-state index is 13.3. The molecule has 2 aromatic heterocycles. The lowest BCUT2D eigenvalue weighted by Gasteiger charge is -2.41. The van der Waals surface area contributed by atoms with Crippen molar-refractivity contribution in [3.63, 3.8) is 0 Å². The first-order chi connectivity index (χ1) is 19.5. The molecule has 0 aromatic carbocycles. The number of likely N-dealkylation sites (tertiary alicyclic amines) is 1. The second-order valence-corrected chi connectivity index (χ2v) is 10.8. The lowest BCUT2D eigenvalue weighted by molar-refractivity contribution is -0.138. The second-order valence-electron chi connectivity index (χ2n) is 10.8. The molecule has 1 aliphatic heterocycles. The van der Waals surface area contributed by atoms with Crippen LogP contribution in [0, 0.1) is 5.92 Å². The topological polar surface area (TPSA) is 184 Å². The molecule has 4 N–H and O–H groups in total. The Labute approximate surface area is 239 Å². The number of unbranched alkanes of at least 4 members (excludes halogenated alkanes) is 2. The van der Waals surface area contributed by atoms with Crippen LogP contribution in [0.1, 0.15) is 52.4 Å². The zero-order valence-electron chi connectivity index (χ0n) is 23.8. The van der Waals surface area contributed by atoms with Gasteiger partial charge in [-0.3, -0.25) is 19.1 Å². The molecule has 14 nitrogen and oxygen atoms in total. The third-order valence-corrected chi connectivity index (χ3v) is 7.12. The molecule has 41 heavy (non-hydrogen) atoms. The summed E-state index contributed by atoms with van der Waals surface area (Å²) in [5, 5.41) is 16.4. The highest BCUT2D eigenvalue weighted by Gasteiger charge is 2.43. The SMILES string of the molecule is [B]C(=O)CNC(=O)C1(NC(=O)[C@@H](NC(=O)CCCCCn2cc(-c3cnc(=O)[nH]c3)nn2)C(C)C)CCN(C)CC1. The molecule has 0 saturated carbocycles. The zero-order chi connectivity index (χ0) is 30.0. The van der Waals surface area contributed by atoms with Crippen LogP contribution in [0.2, 0.25) is 0 Å². The Morgan fingerprint density at radius 2 is 1.88 bits per heavy atom. The number of hydrogen-bond donors (Lipinski definition) is 4. The Bertz CT molecular complexity index is 1250. The summed E-state index contributed by atoms with van der Waals surface area (Å²) in [7, 11) is 7.11. The number of hydrogen-bond acceptors (Lipinski definition) is 9. The molecule has 0 unspecified atom stereocenters. The van der Waals surface area contributed by atoms with E-state index >= 15 is 0 Å². The fourth-order valence-electron chi connectivity index (χ4n) is 4.60. The molecular formula is C26H38BN9O5. The van der Waals surface area contributed by atoms with Crippen LogP contribution in [0.25, 0.3) is 11.3 Å². The van der Waals surface area contributed by atoms with Gasteiger partial charge in [0.15, 0.2) is 7.85 Å². The van der Waals surface area contributed by atoms with Gasteiger partial charge in [0.1, 0.15) is 17.3 Å². The number of aromatic amines is 1. The number of nitrogens with one attached hydrogen (secondary N) is 4. The van der Waals surface area contributed by atoms with E-state index in [0.717, 1.165) is 12.8 Å². The third kappa shape index (κ3) is 9.34. The van der Waals surface area contributed by atoms with E-state index < -0.39 is 34.8 Å². The average molecular weight is 567 g/mol. The molecule has 15 heteroatoms. The predicted molar refractivity (Wildman–Crippen MR) is 150 cm³/mol. The average Bonchev–Trinajstić information content (AvgIpc) is 3.40. The van der Waals surface area contributed by atoms with Gasteiger partial charge in [0, 0.05) is 44.0 Å². The fraction of sp³-hybridized carbons (Fsp3) is 0.615. The lowest BCUT2D eigenvalue weighted by Crippen LogP contribution is -2.66. The van der Waals surface area contributed by atoms with E-state index in [1.807, 2.05) is 20.9 Å². The van der Waals surface area contributed by atoms with Crippen molar-refractivity contribution >= 4 is 31.3 Å². The van der Waals surface area contributed by atoms with E-state index in [1.54, 1.807) is 10.9 Å². The van der Waals surface area contributed by atoms with Crippen LogP contribution in [-0.2, 0) is 25.7 Å². The van der Waals surface area contributed by atoms with Gasteiger partial charge >= 0.3 is 5.69 Å². The standard InChI is InChI=1S/C26H38BN9O5/c1-17(2)22(23(39)32-26(8-11-35(3)12-9-26)24(40)28-15-20(27)37)31-21(38)7-5-4-6-10-36-16-19(33-34-36)18-13-29-25(41)30-14-18/h13-14,16-17,22H,4-12,15H2,1-3H3,(H,28,40)(H,31,38)(H,32,39)(H,29,30,41)/t22-/m0/s1. The normalized spacial score (nSPS) is 15.7. The van der Waals surface area contributed by atoms with E-state index in [-0.39, 0.29) is 24.8 Å². The van der Waals surface area contributed by atoms with E-state index in [9.17, 15) is 24.0 Å². The molecule has 0 spiro atoms. The quantitative estimate of drug-likeness (QED) is 0.166. The van der Waals surface area contributed by atoms with Crippen LogP contribution in [0.3, 0.4) is 0 Å². The number of nitrogens with zero attached hydrogens (tertiary/aromatic N) is 5. The van der Waals surface area contributed by atoms with Crippen molar-refractivity contribution < 1.29 is 19.2 Å². The summed E-state index contributed by atoms with van der Waals surface area (Å²) in [5.74, 6) is -1.36. The summed E-state index contributed by atoms with van der Waals surface area (Å²) in [5.41, 5.74) is -1.04. The van der Waals surface area contributed by atoms with Gasteiger partial charge in [0.05, 0.1) is 18.4 Å². The summed E-state index contributed by atoms with van der Waals surface area (Å²) in [6, 6.07) is -0.820. The van der Waals surface area contributed by atoms with E-state index in [4.69, 9.17) is 7.85 Å². The summed E-state index contributed by atoms with van der Waals surface area (Å²) >= 11 is 0. The Morgan fingerprint density at radius 1 is 1.15 bits per heavy atom. The Balaban J connectivity index is 1.47. The number of carbonyl (C=O) groups is 4. The largest absolute Gasteiger partial charge is 0.348 e. The first kappa shape index (κ1) is 31.6. The highest BCUT2D eigenvalue weighted by Crippen LogP contribution is 2.23. The van der Waals surface area contributed by atoms with Gasteiger partial charge < -0.3 is 30.6 Å². The minimum absolute atomic E-state index is 0.213. The van der Waals surface area contributed by atoms with Crippen LogP contribution in [0.5, 0.6) is 0 Å². The van der Waals surface area contributed by atoms with Crippen molar-refractivity contribution in [1.29, 1.82) is 0 Å². The summed E-state index contributed by atoms with van der Waals surface area (Å²) in [4.78, 5) is 69.6. The molecule has 220 valence electrons. The van der Waals surface area contributed by atoms with Crippen LogP contribution >= 0.6 is 0 Å². The number of aryl methyl sites for hydroxylation is 1. The molecule has 3 rings (SSSR count). The molecule has 2 radical (unpaired) electrons. The van der Waals surface area contributed by atoms with Crippen LogP contribution in [0.4, 0.5) is 0 Å². The van der Waals surface area contributed by atoms with Crippen LogP contribution in [-0.4, -0.2) is 99.4 Å². The molecular weight excluding hydrogens is 529 g/mol. The van der Waals surface area contributed by atoms with Crippen LogP contribution < -0.4 is 21.6 Å². The number of H-pyrrole nitrogens is 1. The Kier molecular flexibility index (Phi) is 11.3. The molecule has 3 amide bonds. The smallest absolute Gasteiger partial charge is 0.344 e. The molecule has 1 atom stereocenters. The summed E-state index contributed by atoms with van der Waals surface area (Å²) < 4.78 is 1.69. The van der Waals surface area contributed by atoms with Crippen molar-refractivity contribution in [2.45, 2.75) is 70.5 Å². The monoisotopic (exact) mass is 567 g/mol. The second kappa shape index (κ2) is 14.7. The van der Waals surface area contributed by atoms with Gasteiger partial charge in [0.25, 0.3) is 0 Å². The zero-order valence-corrected chi connectivity index (χ0v) is 23.8. The number of piperidine rings is 1. The lowest BCUT2D eigenvalue weighted by atomic mass is 9.85. The van der Waals surface area contributed by atoms with Crippen molar-refractivity contribution in [2.75, 3.05) is 26.7 Å². The van der Waals surface area contributed by atoms with Crippen LogP contribution in [0.15, 0.2) is 23.4 Å². The van der Waals surface area contributed by atoms with Gasteiger partial charge in [-0.1, -0.05) is 25.5 Å². The molecule has 3 heterocycles. The Hall–Kier alpha value is -3.88. The van der Waals surface area contributed by atoms with Gasteiger partial charge in [-0.05, 0) is 38.6 Å². The highest BCUT2D eigenvalue weighted by atomic mass is 16.2. The molecule has 0 aliphatic carbocycles. The highest BCUT2D eigenvalue weighted by molar-refractivity contribution is 6.58. The van der Waals surface area contributed by atoms with Crippen molar-refractivity contribution in [3.8, 4) is 11.3 Å². The molecule has 2 aromatic rings. The Morgan fingerprint density at radius 3 is 2.51 bits per heavy atom. The molecule has 1 saturated heterocycles.